The zero-order chi connectivity index (χ0) is 20.9. The van der Waals surface area contributed by atoms with Crippen LogP contribution >= 0.6 is 11.3 Å². The summed E-state index contributed by atoms with van der Waals surface area (Å²) in [5, 5.41) is 17.6. The first-order valence-electron chi connectivity index (χ1n) is 10.1. The number of nitrogens with zero attached hydrogens (tertiary/aromatic N) is 1. The number of nitrogens with two attached hydrogens (primary N) is 1. The molecule has 3 atom stereocenters. The molecule has 0 saturated carbocycles. The molecular weight excluding hydrogens is 396 g/mol. The molecule has 4 rings (SSSR count). The van der Waals surface area contributed by atoms with Crippen LogP contribution in [0.4, 0.5) is 10.8 Å². The number of aliphatic hydroxyl groups is 1. The molecule has 156 valence electrons. The number of aromatic nitrogens is 1. The number of hydrogen-bond donors (Lipinski definition) is 4. The van der Waals surface area contributed by atoms with Crippen molar-refractivity contribution in [3.05, 3.63) is 76.8 Å². The van der Waals surface area contributed by atoms with Crippen LogP contribution in [0.3, 0.4) is 0 Å². The van der Waals surface area contributed by atoms with E-state index in [1.54, 1.807) is 6.20 Å². The van der Waals surface area contributed by atoms with Crippen LogP contribution in [-0.4, -0.2) is 28.1 Å². The van der Waals surface area contributed by atoms with Gasteiger partial charge < -0.3 is 21.5 Å². The van der Waals surface area contributed by atoms with Crippen molar-refractivity contribution in [2.75, 3.05) is 11.1 Å². The average molecular weight is 423 g/mol. The number of thiazole rings is 1. The Morgan fingerprint density at radius 3 is 2.67 bits per heavy atom. The lowest BCUT2D eigenvalue weighted by Gasteiger charge is -2.20. The number of hydrogen-bond acceptors (Lipinski definition) is 6. The van der Waals surface area contributed by atoms with Gasteiger partial charge in [0.2, 0.25) is 5.91 Å². The molecule has 2 heterocycles. The Hall–Kier alpha value is -2.74. The van der Waals surface area contributed by atoms with Crippen LogP contribution in [-0.2, 0) is 17.6 Å². The first kappa shape index (κ1) is 20.5. The van der Waals surface area contributed by atoms with Crippen LogP contribution in [0, 0.1) is 0 Å². The Balaban J connectivity index is 1.27. The molecule has 1 unspecified atom stereocenters. The first-order valence-corrected chi connectivity index (χ1v) is 11.0. The first-order chi connectivity index (χ1) is 14.6. The van der Waals surface area contributed by atoms with Crippen LogP contribution in [0.1, 0.15) is 34.9 Å². The number of nitrogens with one attached hydrogen (secondary N) is 2. The van der Waals surface area contributed by atoms with Crippen molar-refractivity contribution in [3.63, 3.8) is 0 Å². The highest BCUT2D eigenvalue weighted by Crippen LogP contribution is 2.27. The van der Waals surface area contributed by atoms with Gasteiger partial charge in [-0.2, -0.15) is 0 Å². The third kappa shape index (κ3) is 5.24. The highest BCUT2D eigenvalue weighted by atomic mass is 32.1. The molecular formula is C23H26N4O2S. The number of amides is 1. The van der Waals surface area contributed by atoms with E-state index in [2.05, 4.69) is 15.6 Å². The predicted octanol–water partition coefficient (Wildman–Crippen LogP) is 3.30. The van der Waals surface area contributed by atoms with Crippen LogP contribution in [0.2, 0.25) is 0 Å². The molecule has 0 bridgehead atoms. The van der Waals surface area contributed by atoms with Crippen molar-refractivity contribution in [2.24, 2.45) is 0 Å². The minimum atomic E-state index is -0.484. The normalized spacial score (nSPS) is 19.5. The van der Waals surface area contributed by atoms with E-state index >= 15 is 0 Å². The van der Waals surface area contributed by atoms with Gasteiger partial charge in [0, 0.05) is 28.8 Å². The second-order valence-corrected chi connectivity index (χ2v) is 8.84. The Labute approximate surface area is 180 Å². The lowest BCUT2D eigenvalue weighted by molar-refractivity contribution is -0.115. The van der Waals surface area contributed by atoms with Gasteiger partial charge in [0.05, 0.1) is 12.5 Å². The van der Waals surface area contributed by atoms with Crippen molar-refractivity contribution in [1.29, 1.82) is 0 Å². The number of aliphatic hydroxyl groups excluding tert-OH is 1. The molecule has 0 radical (unpaired) electrons. The smallest absolute Gasteiger partial charge is 0.229 e. The third-order valence-electron chi connectivity index (χ3n) is 5.42. The van der Waals surface area contributed by atoms with Gasteiger partial charge in [0.1, 0.15) is 0 Å². The summed E-state index contributed by atoms with van der Waals surface area (Å²) in [7, 11) is 0. The molecule has 1 amide bonds. The fourth-order valence-electron chi connectivity index (χ4n) is 3.92. The fraction of sp³-hybridized carbons (Fsp3) is 0.304. The fourth-order valence-corrected chi connectivity index (χ4v) is 4.60. The largest absolute Gasteiger partial charge is 0.387 e. The highest BCUT2D eigenvalue weighted by Gasteiger charge is 2.29. The lowest BCUT2D eigenvalue weighted by atomic mass is 10.0. The molecule has 5 N–H and O–H groups in total. The van der Waals surface area contributed by atoms with Gasteiger partial charge in [0.15, 0.2) is 5.13 Å². The van der Waals surface area contributed by atoms with Crippen molar-refractivity contribution >= 4 is 28.1 Å². The van der Waals surface area contributed by atoms with Gasteiger partial charge in [-0.15, -0.1) is 11.3 Å². The Morgan fingerprint density at radius 1 is 1.20 bits per heavy atom. The average Bonchev–Trinajstić information content (AvgIpc) is 3.38. The molecule has 1 aliphatic heterocycles. The lowest BCUT2D eigenvalue weighted by Crippen LogP contribution is -2.35. The van der Waals surface area contributed by atoms with Gasteiger partial charge in [-0.25, -0.2) is 4.98 Å². The van der Waals surface area contributed by atoms with Crippen molar-refractivity contribution in [1.82, 2.24) is 10.3 Å². The maximum atomic E-state index is 12.2. The van der Waals surface area contributed by atoms with Gasteiger partial charge in [-0.3, -0.25) is 4.79 Å². The van der Waals surface area contributed by atoms with E-state index in [0.717, 1.165) is 35.4 Å². The predicted molar refractivity (Wildman–Crippen MR) is 120 cm³/mol. The summed E-state index contributed by atoms with van der Waals surface area (Å²) >= 11 is 1.33. The molecule has 3 aromatic rings. The molecule has 6 nitrogen and oxygen atoms in total. The number of anilines is 2. The van der Waals surface area contributed by atoms with E-state index in [-0.39, 0.29) is 18.4 Å². The summed E-state index contributed by atoms with van der Waals surface area (Å²) in [5.41, 5.74) is 8.54. The van der Waals surface area contributed by atoms with E-state index in [1.165, 1.54) is 16.9 Å². The maximum absolute atomic E-state index is 12.2. The van der Waals surface area contributed by atoms with Gasteiger partial charge in [-0.1, -0.05) is 42.5 Å². The Bertz CT molecular complexity index is 974. The second-order valence-electron chi connectivity index (χ2n) is 7.69. The summed E-state index contributed by atoms with van der Waals surface area (Å²) in [6.07, 6.45) is 4.31. The number of carbonyl (C=O) groups excluding carboxylic acids is 1. The summed E-state index contributed by atoms with van der Waals surface area (Å²) in [6.45, 7) is 0. The van der Waals surface area contributed by atoms with E-state index in [4.69, 9.17) is 5.73 Å². The van der Waals surface area contributed by atoms with Crippen molar-refractivity contribution in [3.8, 4) is 0 Å². The number of rotatable bonds is 7. The zero-order valence-electron chi connectivity index (χ0n) is 16.6. The summed E-state index contributed by atoms with van der Waals surface area (Å²) in [5.74, 6) is -0.0819. The standard InChI is InChI=1S/C23H26N4O2S/c24-23-25-14-19(30-23)13-21(28)27-17-8-6-15(7-9-17)12-18-10-11-20(26-18)22(29)16-4-2-1-3-5-16/h1-9,14,18,20,22,26,29H,10-13H2,(H2,24,25)(H,27,28)/t18?,20-,22-/m1/s1. The Kier molecular flexibility index (Phi) is 6.42. The Morgan fingerprint density at radius 2 is 1.97 bits per heavy atom. The molecule has 1 aliphatic rings. The van der Waals surface area contributed by atoms with Gasteiger partial charge >= 0.3 is 0 Å². The second kappa shape index (κ2) is 9.38. The van der Waals surface area contributed by atoms with Gasteiger partial charge in [0.25, 0.3) is 0 Å². The SMILES string of the molecule is Nc1ncc(CC(=O)Nc2ccc(CC3CC[C@H]([C@H](O)c4ccccc4)N3)cc2)s1. The van der Waals surface area contributed by atoms with Crippen molar-refractivity contribution < 1.29 is 9.90 Å². The molecule has 2 aromatic carbocycles. The molecule has 0 aliphatic carbocycles. The minimum Gasteiger partial charge on any atom is -0.387 e. The molecule has 7 heteroatoms. The number of carbonyl (C=O) groups is 1. The van der Waals surface area contributed by atoms with E-state index in [0.29, 0.717) is 11.2 Å². The van der Waals surface area contributed by atoms with E-state index in [9.17, 15) is 9.90 Å². The number of benzene rings is 2. The molecule has 30 heavy (non-hydrogen) atoms. The summed E-state index contributed by atoms with van der Waals surface area (Å²) < 4.78 is 0. The zero-order valence-corrected chi connectivity index (χ0v) is 17.4. The van der Waals surface area contributed by atoms with Crippen LogP contribution in [0.25, 0.3) is 0 Å². The molecule has 1 saturated heterocycles. The summed E-state index contributed by atoms with van der Waals surface area (Å²) in [4.78, 5) is 17.0. The van der Waals surface area contributed by atoms with E-state index in [1.807, 2.05) is 54.6 Å². The van der Waals surface area contributed by atoms with E-state index < -0.39 is 6.10 Å². The number of nitrogen functional groups attached to an aromatic ring is 1. The van der Waals surface area contributed by atoms with Crippen LogP contribution in [0.5, 0.6) is 0 Å². The molecule has 1 aromatic heterocycles. The van der Waals surface area contributed by atoms with Crippen molar-refractivity contribution in [2.45, 2.75) is 43.9 Å². The van der Waals surface area contributed by atoms with Crippen LogP contribution < -0.4 is 16.4 Å². The topological polar surface area (TPSA) is 100 Å². The molecule has 1 fully saturated rings. The van der Waals surface area contributed by atoms with Crippen LogP contribution in [0.15, 0.2) is 60.8 Å². The quantitative estimate of drug-likeness (QED) is 0.468. The third-order valence-corrected chi connectivity index (χ3v) is 6.25. The minimum absolute atomic E-state index is 0.0803. The van der Waals surface area contributed by atoms with Gasteiger partial charge in [-0.05, 0) is 42.5 Å². The highest BCUT2D eigenvalue weighted by molar-refractivity contribution is 7.15. The summed E-state index contributed by atoms with van der Waals surface area (Å²) in [6, 6.07) is 18.2. The maximum Gasteiger partial charge on any atom is 0.229 e. The monoisotopic (exact) mass is 422 g/mol. The molecule has 0 spiro atoms.